The minimum absolute atomic E-state index is 0.254. The summed E-state index contributed by atoms with van der Waals surface area (Å²) in [6, 6.07) is -0.982. The molecule has 0 saturated carbocycles. The van der Waals surface area contributed by atoms with Crippen molar-refractivity contribution in [3.05, 3.63) is 0 Å². The normalized spacial score (nSPS) is 37.2. The summed E-state index contributed by atoms with van der Waals surface area (Å²) in [6.07, 6.45) is -9.68. The van der Waals surface area contributed by atoms with E-state index in [4.69, 9.17) is 21.3 Å². The second-order valence-electron chi connectivity index (χ2n) is 9.01. The molecule has 16 heteroatoms. The van der Waals surface area contributed by atoms with Gasteiger partial charge in [-0.2, -0.15) is 0 Å². The van der Waals surface area contributed by atoms with Crippen molar-refractivity contribution in [3.63, 3.8) is 0 Å². The first kappa shape index (κ1) is 34.8. The maximum Gasteiger partial charge on any atom is 0.217 e. The van der Waals surface area contributed by atoms with Gasteiger partial charge in [0.25, 0.3) is 0 Å². The van der Waals surface area contributed by atoms with Gasteiger partial charge in [0.05, 0.1) is 26.4 Å². The molecule has 2 saturated heterocycles. The number of nitrogens with zero attached hydrogens (tertiary/aromatic N) is 1. The van der Waals surface area contributed by atoms with E-state index in [2.05, 4.69) is 10.3 Å². The second kappa shape index (κ2) is 18.9. The van der Waals surface area contributed by atoms with Crippen molar-refractivity contribution < 1.29 is 55.4 Å². The lowest BCUT2D eigenvalue weighted by Crippen LogP contribution is -2.66. The van der Waals surface area contributed by atoms with Crippen LogP contribution in [0.15, 0.2) is 4.99 Å². The number of aliphatic imine (C=N–C) groups is 1. The van der Waals surface area contributed by atoms with Gasteiger partial charge in [0.15, 0.2) is 10.4 Å². The van der Waals surface area contributed by atoms with Gasteiger partial charge in [0, 0.05) is 13.5 Å². The van der Waals surface area contributed by atoms with Crippen molar-refractivity contribution in [1.29, 1.82) is 0 Å². The summed E-state index contributed by atoms with van der Waals surface area (Å²) in [6.45, 7) is 4.40. The van der Waals surface area contributed by atoms with Gasteiger partial charge in [0.2, 0.25) is 5.91 Å². The molecular weight excluding hydrogens is 656 g/mol. The van der Waals surface area contributed by atoms with Gasteiger partial charge in [-0.25, -0.2) is 4.39 Å². The van der Waals surface area contributed by atoms with Crippen molar-refractivity contribution in [2.75, 3.05) is 25.5 Å². The van der Waals surface area contributed by atoms with E-state index in [1.807, 2.05) is 13.8 Å². The van der Waals surface area contributed by atoms with E-state index in [-0.39, 0.29) is 5.75 Å². The molecule has 2 fully saturated rings. The number of aliphatic hydroxyl groups is 6. The van der Waals surface area contributed by atoms with E-state index in [1.54, 1.807) is 0 Å². The van der Waals surface area contributed by atoms with Gasteiger partial charge in [-0.1, -0.05) is 20.3 Å². The number of nitrogens with two attached hydrogens (primary N) is 1. The van der Waals surface area contributed by atoms with Gasteiger partial charge in [-0.05, 0) is 35.4 Å². The molecule has 2 aliphatic heterocycles. The Morgan fingerprint density at radius 2 is 1.77 bits per heavy atom. The van der Waals surface area contributed by atoms with Gasteiger partial charge < -0.3 is 55.9 Å². The average Bonchev–Trinajstić information content (AvgIpc) is 2.88. The number of carbonyl (C=O) groups excluding carboxylic acids is 1. The fourth-order valence-corrected chi connectivity index (χ4v) is 5.38. The summed E-state index contributed by atoms with van der Waals surface area (Å²) in [4.78, 5) is 15.9. The van der Waals surface area contributed by atoms with Crippen molar-refractivity contribution >= 4 is 46.1 Å². The number of halogens is 2. The fraction of sp³-hybridized carbons (Fsp3) is 0.913. The van der Waals surface area contributed by atoms with E-state index in [0.717, 1.165) is 12.8 Å². The molecule has 11 atom stereocenters. The van der Waals surface area contributed by atoms with E-state index >= 15 is 0 Å². The van der Waals surface area contributed by atoms with E-state index in [0.29, 0.717) is 18.8 Å². The Balaban J connectivity index is 0.00000101. The summed E-state index contributed by atoms with van der Waals surface area (Å²) in [5.74, 6) is 0.167. The maximum atomic E-state index is 12.0. The molecule has 1 amide bonds. The summed E-state index contributed by atoms with van der Waals surface area (Å²) < 4.78 is 33.8. The van der Waals surface area contributed by atoms with Crippen LogP contribution >= 0.6 is 34.4 Å². The number of aliphatic hydroxyl groups excluding tert-OH is 6. The summed E-state index contributed by atoms with van der Waals surface area (Å²) in [5, 5.41) is 63.0. The predicted octanol–water partition coefficient (Wildman–Crippen LogP) is -1.23. The lowest BCUT2D eigenvalue weighted by Gasteiger charge is -2.47. The molecule has 9 N–H and O–H groups in total. The third-order valence-corrected chi connectivity index (χ3v) is 7.47. The molecule has 230 valence electrons. The number of nitrogens with one attached hydrogen (secondary N) is 1. The highest BCUT2D eigenvalue weighted by molar-refractivity contribution is 14.1. The Labute approximate surface area is 247 Å². The zero-order valence-electron chi connectivity index (χ0n) is 23.2. The van der Waals surface area contributed by atoms with Crippen molar-refractivity contribution in [2.24, 2.45) is 10.7 Å². The minimum atomic E-state index is -1.73. The van der Waals surface area contributed by atoms with E-state index in [1.165, 1.54) is 41.3 Å². The van der Waals surface area contributed by atoms with Crippen molar-refractivity contribution in [1.82, 2.24) is 5.32 Å². The highest BCUT2D eigenvalue weighted by Crippen LogP contribution is 2.32. The lowest BCUT2D eigenvalue weighted by atomic mass is 9.96. The number of amides is 1. The number of carbonyl (C=O) groups is 1. The monoisotopic (exact) mass is 701 g/mol. The third-order valence-electron chi connectivity index (χ3n) is 5.74. The van der Waals surface area contributed by atoms with Gasteiger partial charge in [-0.3, -0.25) is 9.79 Å². The molecule has 2 heterocycles. The molecule has 0 bridgehead atoms. The highest BCUT2D eigenvalue weighted by atomic mass is 127. The largest absolute Gasteiger partial charge is 0.394 e. The standard InChI is InChI=1S/C19H35N3O10S.C4H8FI/c1-3-4-21-11(20)7-33-19-12(22-8(2)25)14(27)17(10(6-24)31-19)32-18-16(29)15(28)13(26)9(5-23)30-18;1-2-3-4(5)6/h9-10,12-19,23-24,26-29H,3-7H2,1-2H3,(H2,20,21)(H,22,25);4H,2-3H2,1H3/i;4T. The van der Waals surface area contributed by atoms with Crippen LogP contribution in [0.2, 0.25) is 0 Å². The molecule has 11 unspecified atom stereocenters. The number of thioether (sulfide) groups is 1. The number of amidine groups is 1. The van der Waals surface area contributed by atoms with Crippen LogP contribution in [0.25, 0.3) is 0 Å². The zero-order valence-corrected chi connectivity index (χ0v) is 25.2. The first-order chi connectivity index (χ1) is 18.7. The van der Waals surface area contributed by atoms with E-state index < -0.39 is 83.8 Å². The molecule has 2 rings (SSSR count). The fourth-order valence-electron chi connectivity index (χ4n) is 3.76. The highest BCUT2D eigenvalue weighted by Gasteiger charge is 2.51. The van der Waals surface area contributed by atoms with Crippen LogP contribution in [0.3, 0.4) is 0 Å². The Bertz CT molecular complexity index is 788. The van der Waals surface area contributed by atoms with E-state index in [9.17, 15) is 39.8 Å². The molecule has 0 radical (unpaired) electrons. The Kier molecular flexibility index (Phi) is 16.9. The third kappa shape index (κ3) is 11.8. The molecule has 0 aromatic rings. The molecule has 39 heavy (non-hydrogen) atoms. The second-order valence-corrected chi connectivity index (χ2v) is 11.3. The molecule has 13 nitrogen and oxygen atoms in total. The molecule has 0 spiro atoms. The molecule has 0 aliphatic carbocycles. The number of alkyl halides is 2. The van der Waals surface area contributed by atoms with Crippen LogP contribution in [0.4, 0.5) is 4.39 Å². The quantitative estimate of drug-likeness (QED) is 0.0520. The number of hydrogen-bond acceptors (Lipinski definition) is 12. The first-order valence-electron chi connectivity index (χ1n) is 13.2. The molecule has 0 aromatic heterocycles. The lowest BCUT2D eigenvalue weighted by molar-refractivity contribution is -0.333. The SMILES string of the molecule is CCCN=C(N)CSC1OC(CO)C(OC2OC(CO)C(O)C(O)C2O)C(O)C1NC(C)=O.[3H]C(F)(I)CCC. The zero-order chi connectivity index (χ0) is 30.6. The molecular formula is C23H43FIN3O10S. The number of rotatable bonds is 12. The number of hydrogen-bond donors (Lipinski definition) is 8. The van der Waals surface area contributed by atoms with Crippen molar-refractivity contribution in [3.8, 4) is 0 Å². The number of ether oxygens (including phenoxy) is 3. The summed E-state index contributed by atoms with van der Waals surface area (Å²) in [5.41, 5.74) is 5.07. The van der Waals surface area contributed by atoms with Gasteiger partial charge in [-0.15, -0.1) is 11.8 Å². The summed E-state index contributed by atoms with van der Waals surface area (Å²) in [7, 11) is 0. The minimum Gasteiger partial charge on any atom is -0.394 e. The van der Waals surface area contributed by atoms with Crippen LogP contribution in [-0.4, -0.2) is 133 Å². The van der Waals surface area contributed by atoms with Crippen LogP contribution in [0, 0.1) is 0 Å². The Hall–Kier alpha value is -0.410. The molecule has 0 aromatic carbocycles. The Morgan fingerprint density at radius 3 is 2.26 bits per heavy atom. The van der Waals surface area contributed by atoms with Crippen LogP contribution < -0.4 is 11.1 Å². The summed E-state index contributed by atoms with van der Waals surface area (Å²) >= 11 is 2.65. The topological polar surface area (TPSA) is 217 Å². The maximum absolute atomic E-state index is 12.0. The molecule has 2 aliphatic rings. The smallest absolute Gasteiger partial charge is 0.217 e. The van der Waals surface area contributed by atoms with Crippen molar-refractivity contribution in [2.45, 2.75) is 105 Å². The van der Waals surface area contributed by atoms with Crippen LogP contribution in [0.1, 0.15) is 41.4 Å². The van der Waals surface area contributed by atoms with Gasteiger partial charge >= 0.3 is 0 Å². The van der Waals surface area contributed by atoms with Crippen LogP contribution in [-0.2, 0) is 19.0 Å². The average molecular weight is 702 g/mol. The predicted molar refractivity (Wildman–Crippen MR) is 151 cm³/mol. The van der Waals surface area contributed by atoms with Crippen LogP contribution in [0.5, 0.6) is 0 Å². The Morgan fingerprint density at radius 1 is 1.13 bits per heavy atom. The first-order valence-corrected chi connectivity index (χ1v) is 14.8. The van der Waals surface area contributed by atoms with Gasteiger partial charge in [0.1, 0.15) is 54.0 Å².